The van der Waals surface area contributed by atoms with Crippen LogP contribution >= 0.6 is 11.8 Å². The second-order valence-corrected chi connectivity index (χ2v) is 8.25. The first-order valence-corrected chi connectivity index (χ1v) is 11.0. The molecule has 9 heteroatoms. The third-order valence-electron chi connectivity index (χ3n) is 5.31. The fourth-order valence-electron chi connectivity index (χ4n) is 3.81. The van der Waals surface area contributed by atoms with Crippen molar-refractivity contribution in [1.82, 2.24) is 9.78 Å². The lowest BCUT2D eigenvalue weighted by molar-refractivity contribution is -0.113. The number of amides is 1. The Morgan fingerprint density at radius 3 is 2.22 bits per heavy atom. The van der Waals surface area contributed by atoms with Crippen molar-refractivity contribution in [2.75, 3.05) is 39.5 Å². The molecule has 0 aliphatic carbocycles. The molecule has 168 valence electrons. The van der Waals surface area contributed by atoms with Crippen LogP contribution in [0.5, 0.6) is 23.0 Å². The number of rotatable bonds is 6. The third kappa shape index (κ3) is 3.84. The first-order chi connectivity index (χ1) is 15.5. The molecular formula is C23H25N3O5S. The van der Waals surface area contributed by atoms with Crippen molar-refractivity contribution in [2.24, 2.45) is 0 Å². The summed E-state index contributed by atoms with van der Waals surface area (Å²) in [7, 11) is 6.37. The first-order valence-electron chi connectivity index (χ1n) is 9.96. The minimum atomic E-state index is -0.162. The van der Waals surface area contributed by atoms with Crippen LogP contribution in [0.25, 0.3) is 5.69 Å². The van der Waals surface area contributed by atoms with Gasteiger partial charge in [-0.25, -0.2) is 4.68 Å². The minimum absolute atomic E-state index is 0.0825. The van der Waals surface area contributed by atoms with Crippen molar-refractivity contribution >= 4 is 23.5 Å². The van der Waals surface area contributed by atoms with E-state index in [2.05, 4.69) is 5.32 Å². The highest BCUT2D eigenvalue weighted by Gasteiger charge is 2.32. The van der Waals surface area contributed by atoms with Gasteiger partial charge in [-0.3, -0.25) is 4.79 Å². The summed E-state index contributed by atoms with van der Waals surface area (Å²) in [6, 6.07) is 11.4. The average Bonchev–Trinajstić information content (AvgIpc) is 3.02. The summed E-state index contributed by atoms with van der Waals surface area (Å²) in [5.41, 5.74) is 3.51. The summed E-state index contributed by atoms with van der Waals surface area (Å²) in [5.74, 6) is 3.27. The number of methoxy groups -OCH3 is 4. The van der Waals surface area contributed by atoms with Crippen LogP contribution in [0.3, 0.4) is 0 Å². The number of carbonyl (C=O) groups excluding carboxylic acids is 1. The minimum Gasteiger partial charge on any atom is -0.497 e. The predicted molar refractivity (Wildman–Crippen MR) is 124 cm³/mol. The molecule has 8 nitrogen and oxygen atoms in total. The molecule has 0 bridgehead atoms. The van der Waals surface area contributed by atoms with E-state index in [1.165, 1.54) is 11.8 Å². The Kier molecular flexibility index (Phi) is 6.18. The molecule has 32 heavy (non-hydrogen) atoms. The number of nitrogens with zero attached hydrogens (tertiary/aromatic N) is 2. The van der Waals surface area contributed by atoms with E-state index in [-0.39, 0.29) is 11.2 Å². The monoisotopic (exact) mass is 455 g/mol. The van der Waals surface area contributed by atoms with E-state index < -0.39 is 0 Å². The van der Waals surface area contributed by atoms with Crippen molar-refractivity contribution in [2.45, 2.75) is 12.2 Å². The summed E-state index contributed by atoms with van der Waals surface area (Å²) < 4.78 is 23.6. The van der Waals surface area contributed by atoms with E-state index in [4.69, 9.17) is 24.0 Å². The summed E-state index contributed by atoms with van der Waals surface area (Å²) in [6.45, 7) is 1.95. The van der Waals surface area contributed by atoms with Crippen molar-refractivity contribution in [3.05, 3.63) is 53.2 Å². The summed E-state index contributed by atoms with van der Waals surface area (Å²) in [6.07, 6.45) is 0. The Hall–Kier alpha value is -3.33. The lowest BCUT2D eigenvalue weighted by Crippen LogP contribution is -2.15. The van der Waals surface area contributed by atoms with Crippen LogP contribution in [0.4, 0.5) is 5.82 Å². The van der Waals surface area contributed by atoms with Gasteiger partial charge in [0.15, 0.2) is 11.5 Å². The van der Waals surface area contributed by atoms with Crippen LogP contribution in [-0.2, 0) is 4.79 Å². The largest absolute Gasteiger partial charge is 0.497 e. The number of thioether (sulfide) groups is 1. The van der Waals surface area contributed by atoms with E-state index in [0.717, 1.165) is 28.3 Å². The fraction of sp³-hybridized carbons (Fsp3) is 0.304. The molecular weight excluding hydrogens is 430 g/mol. The van der Waals surface area contributed by atoms with E-state index in [1.807, 2.05) is 43.3 Å². The Bertz CT molecular complexity index is 1120. The molecule has 2 heterocycles. The highest BCUT2D eigenvalue weighted by Crippen LogP contribution is 2.48. The third-order valence-corrected chi connectivity index (χ3v) is 6.58. The first kappa shape index (κ1) is 21.9. The van der Waals surface area contributed by atoms with Gasteiger partial charge in [0.1, 0.15) is 11.6 Å². The number of nitrogens with one attached hydrogen (secondary N) is 1. The molecule has 0 saturated heterocycles. The van der Waals surface area contributed by atoms with Crippen molar-refractivity contribution in [1.29, 1.82) is 0 Å². The molecule has 0 spiro atoms. The topological polar surface area (TPSA) is 83.8 Å². The number of aromatic nitrogens is 2. The van der Waals surface area contributed by atoms with Gasteiger partial charge in [-0.15, -0.1) is 11.8 Å². The Morgan fingerprint density at radius 1 is 1.00 bits per heavy atom. The van der Waals surface area contributed by atoms with E-state index >= 15 is 0 Å². The van der Waals surface area contributed by atoms with E-state index in [9.17, 15) is 4.79 Å². The molecule has 1 amide bonds. The lowest BCUT2D eigenvalue weighted by Gasteiger charge is -2.19. The Balaban J connectivity index is 1.87. The molecule has 0 fully saturated rings. The number of aryl methyl sites for hydroxylation is 1. The maximum absolute atomic E-state index is 12.6. The number of anilines is 1. The zero-order valence-corrected chi connectivity index (χ0v) is 19.4. The summed E-state index contributed by atoms with van der Waals surface area (Å²) >= 11 is 1.53. The van der Waals surface area contributed by atoms with Gasteiger partial charge >= 0.3 is 0 Å². The van der Waals surface area contributed by atoms with Crippen LogP contribution in [0.1, 0.15) is 22.1 Å². The maximum Gasteiger partial charge on any atom is 0.235 e. The maximum atomic E-state index is 12.6. The summed E-state index contributed by atoms with van der Waals surface area (Å²) in [4.78, 5) is 12.6. The summed E-state index contributed by atoms with van der Waals surface area (Å²) in [5, 5.41) is 7.63. The number of benzene rings is 2. The molecule has 1 aliphatic rings. The highest BCUT2D eigenvalue weighted by molar-refractivity contribution is 8.00. The molecule has 0 saturated carbocycles. The molecule has 4 rings (SSSR count). The van der Waals surface area contributed by atoms with Crippen molar-refractivity contribution in [3.8, 4) is 28.7 Å². The van der Waals surface area contributed by atoms with Crippen molar-refractivity contribution in [3.63, 3.8) is 0 Å². The Morgan fingerprint density at radius 2 is 1.66 bits per heavy atom. The van der Waals surface area contributed by atoms with Crippen LogP contribution in [0.15, 0.2) is 36.4 Å². The van der Waals surface area contributed by atoms with E-state index in [0.29, 0.717) is 28.8 Å². The lowest BCUT2D eigenvalue weighted by atomic mass is 10.0. The highest BCUT2D eigenvalue weighted by atomic mass is 32.2. The molecule has 1 N–H and O–H groups in total. The second-order valence-electron chi connectivity index (χ2n) is 7.16. The van der Waals surface area contributed by atoms with Gasteiger partial charge in [-0.2, -0.15) is 5.10 Å². The SMILES string of the molecule is COc1ccc(-n2nc(C)c3c2NC(=O)CSC3c2cc(OC)c(OC)c(OC)c2)cc1. The van der Waals surface area contributed by atoms with Gasteiger partial charge in [-0.1, -0.05) is 0 Å². The molecule has 1 aliphatic heterocycles. The molecule has 3 aromatic rings. The quantitative estimate of drug-likeness (QED) is 0.602. The van der Waals surface area contributed by atoms with Gasteiger partial charge in [0, 0.05) is 5.56 Å². The van der Waals surface area contributed by atoms with Crippen molar-refractivity contribution < 1.29 is 23.7 Å². The zero-order chi connectivity index (χ0) is 22.8. The Labute approximate surface area is 190 Å². The zero-order valence-electron chi connectivity index (χ0n) is 18.6. The smallest absolute Gasteiger partial charge is 0.235 e. The van der Waals surface area contributed by atoms with E-state index in [1.54, 1.807) is 33.1 Å². The fourth-order valence-corrected chi connectivity index (χ4v) is 4.98. The standard InChI is InChI=1S/C23H25N3O5S/c1-13-20-22(14-10-17(29-3)21(31-5)18(11-14)30-4)32-12-19(27)24-23(20)26(25-13)15-6-8-16(28-2)9-7-15/h6-11,22H,12H2,1-5H3,(H,24,27). The number of hydrogen-bond acceptors (Lipinski definition) is 7. The van der Waals surface area contributed by atoms with Gasteiger partial charge in [0.05, 0.1) is 50.8 Å². The number of carbonyl (C=O) groups is 1. The number of fused-ring (bicyclic) bond motifs is 1. The number of ether oxygens (including phenoxy) is 4. The molecule has 1 atom stereocenters. The molecule has 0 radical (unpaired) electrons. The molecule has 2 aromatic carbocycles. The average molecular weight is 456 g/mol. The van der Waals surface area contributed by atoms with Crippen LogP contribution in [0, 0.1) is 6.92 Å². The predicted octanol–water partition coefficient (Wildman–Crippen LogP) is 3.99. The molecule has 1 aromatic heterocycles. The normalized spacial score (nSPS) is 15.4. The number of hydrogen-bond donors (Lipinski definition) is 1. The van der Waals surface area contributed by atoms with Crippen LogP contribution < -0.4 is 24.3 Å². The second kappa shape index (κ2) is 9.04. The van der Waals surface area contributed by atoms with Crippen LogP contribution in [0.2, 0.25) is 0 Å². The van der Waals surface area contributed by atoms with Gasteiger partial charge in [0.25, 0.3) is 0 Å². The molecule has 1 unspecified atom stereocenters. The van der Waals surface area contributed by atoms with Gasteiger partial charge in [-0.05, 0) is 48.9 Å². The van der Waals surface area contributed by atoms with Gasteiger partial charge in [0.2, 0.25) is 11.7 Å². The van der Waals surface area contributed by atoms with Crippen LogP contribution in [-0.4, -0.2) is 49.9 Å². The van der Waals surface area contributed by atoms with Gasteiger partial charge < -0.3 is 24.3 Å².